The lowest BCUT2D eigenvalue weighted by atomic mass is 10.2. The van der Waals surface area contributed by atoms with Crippen LogP contribution in [-0.4, -0.2) is 15.0 Å². The lowest BCUT2D eigenvalue weighted by Gasteiger charge is -2.10. The van der Waals surface area contributed by atoms with Crippen molar-refractivity contribution < 1.29 is 4.74 Å². The van der Waals surface area contributed by atoms with E-state index < -0.39 is 0 Å². The second-order valence-electron chi connectivity index (χ2n) is 4.89. The zero-order valence-corrected chi connectivity index (χ0v) is 15.1. The summed E-state index contributed by atoms with van der Waals surface area (Å²) in [5.74, 6) is 0.183. The highest BCUT2D eigenvalue weighted by molar-refractivity contribution is 6.44. The van der Waals surface area contributed by atoms with Crippen molar-refractivity contribution in [3.8, 4) is 17.8 Å². The normalized spacial score (nSPS) is 10.2. The third kappa shape index (κ3) is 4.06. The van der Waals surface area contributed by atoms with Crippen LogP contribution in [0.25, 0.3) is 0 Å². The molecular formula is C16H9Cl3N6O. The van der Waals surface area contributed by atoms with Crippen LogP contribution in [0.5, 0.6) is 11.8 Å². The van der Waals surface area contributed by atoms with Crippen molar-refractivity contribution in [2.45, 2.75) is 0 Å². The molecule has 2 aromatic carbocycles. The van der Waals surface area contributed by atoms with Crippen molar-refractivity contribution in [2.75, 3.05) is 11.1 Å². The fourth-order valence-electron chi connectivity index (χ4n) is 1.92. The predicted octanol–water partition coefficient (Wildman–Crippen LogP) is 4.82. The summed E-state index contributed by atoms with van der Waals surface area (Å²) in [6.45, 7) is 0. The molecule has 0 spiro atoms. The molecular weight excluding hydrogens is 399 g/mol. The molecule has 0 amide bonds. The van der Waals surface area contributed by atoms with E-state index in [4.69, 9.17) is 50.5 Å². The van der Waals surface area contributed by atoms with Gasteiger partial charge in [0.15, 0.2) is 5.75 Å². The Bertz CT molecular complexity index is 1000. The largest absolute Gasteiger partial charge is 0.421 e. The predicted molar refractivity (Wildman–Crippen MR) is 100 cm³/mol. The molecule has 0 aliphatic carbocycles. The highest BCUT2D eigenvalue weighted by Crippen LogP contribution is 2.39. The van der Waals surface area contributed by atoms with Gasteiger partial charge in [-0.25, -0.2) is 0 Å². The van der Waals surface area contributed by atoms with Gasteiger partial charge in [-0.1, -0.05) is 34.8 Å². The van der Waals surface area contributed by atoms with E-state index in [2.05, 4.69) is 20.3 Å². The van der Waals surface area contributed by atoms with E-state index in [1.54, 1.807) is 30.3 Å². The average molecular weight is 408 g/mol. The number of halogens is 3. The molecule has 0 atom stereocenters. The molecule has 1 heterocycles. The maximum Gasteiger partial charge on any atom is 0.328 e. The number of nitrogens with two attached hydrogens (primary N) is 1. The zero-order chi connectivity index (χ0) is 18.7. The van der Waals surface area contributed by atoms with Crippen molar-refractivity contribution in [3.05, 3.63) is 57.0 Å². The lowest BCUT2D eigenvalue weighted by molar-refractivity contribution is 0.442. The van der Waals surface area contributed by atoms with Crippen LogP contribution in [0.2, 0.25) is 15.1 Å². The monoisotopic (exact) mass is 406 g/mol. The summed E-state index contributed by atoms with van der Waals surface area (Å²) in [5.41, 5.74) is 6.88. The van der Waals surface area contributed by atoms with Gasteiger partial charge < -0.3 is 15.8 Å². The fourth-order valence-corrected chi connectivity index (χ4v) is 2.52. The van der Waals surface area contributed by atoms with Gasteiger partial charge >= 0.3 is 6.01 Å². The van der Waals surface area contributed by atoms with Crippen molar-refractivity contribution in [1.82, 2.24) is 15.0 Å². The number of nitrogen functional groups attached to an aromatic ring is 1. The third-order valence-electron chi connectivity index (χ3n) is 3.10. The summed E-state index contributed by atoms with van der Waals surface area (Å²) in [4.78, 5) is 12.0. The number of aromatic nitrogens is 3. The van der Waals surface area contributed by atoms with E-state index in [-0.39, 0.29) is 38.7 Å². The highest BCUT2D eigenvalue weighted by atomic mass is 35.5. The Balaban J connectivity index is 1.88. The van der Waals surface area contributed by atoms with Gasteiger partial charge in [0.25, 0.3) is 0 Å². The summed E-state index contributed by atoms with van der Waals surface area (Å²) >= 11 is 18.1. The molecule has 0 fully saturated rings. The SMILES string of the molecule is N#Cc1ccc(Nc2nc(N)nc(Oc3c(Cl)ccc(Cl)c3Cl)n2)cc1. The Labute approximate surface area is 163 Å². The first-order chi connectivity index (χ1) is 12.5. The first-order valence-electron chi connectivity index (χ1n) is 7.06. The van der Waals surface area contributed by atoms with Gasteiger partial charge in [-0.2, -0.15) is 20.2 Å². The number of nitriles is 1. The molecule has 130 valence electrons. The Hall–Kier alpha value is -2.79. The molecule has 0 bridgehead atoms. The molecule has 1 aromatic heterocycles. The summed E-state index contributed by atoms with van der Waals surface area (Å²) in [6.07, 6.45) is 0. The first-order valence-corrected chi connectivity index (χ1v) is 8.20. The fraction of sp³-hybridized carbons (Fsp3) is 0. The quantitative estimate of drug-likeness (QED) is 0.596. The van der Waals surface area contributed by atoms with Crippen molar-refractivity contribution in [1.29, 1.82) is 5.26 Å². The summed E-state index contributed by atoms with van der Waals surface area (Å²) in [7, 11) is 0. The molecule has 3 rings (SSSR count). The number of benzene rings is 2. The molecule has 3 N–H and O–H groups in total. The standard InChI is InChI=1S/C16H9Cl3N6O/c17-10-5-6-11(18)13(12(10)19)26-16-24-14(21)23-15(25-16)22-9-3-1-8(7-20)2-4-9/h1-6H,(H3,21,22,23,24,25). The molecule has 0 aliphatic heterocycles. The van der Waals surface area contributed by atoms with Gasteiger partial charge in [0.05, 0.1) is 21.7 Å². The maximum absolute atomic E-state index is 8.83. The minimum absolute atomic E-state index is 0.0691. The van der Waals surface area contributed by atoms with E-state index >= 15 is 0 Å². The van der Waals surface area contributed by atoms with Gasteiger partial charge in [-0.15, -0.1) is 0 Å². The number of hydrogen-bond donors (Lipinski definition) is 2. The van der Waals surface area contributed by atoms with Crippen molar-refractivity contribution >= 4 is 52.4 Å². The van der Waals surface area contributed by atoms with Gasteiger partial charge in [0.1, 0.15) is 5.02 Å². The van der Waals surface area contributed by atoms with Crippen LogP contribution in [0.15, 0.2) is 36.4 Å². The van der Waals surface area contributed by atoms with Crippen molar-refractivity contribution in [3.63, 3.8) is 0 Å². The molecule has 0 saturated carbocycles. The minimum Gasteiger partial charge on any atom is -0.421 e. The van der Waals surface area contributed by atoms with Gasteiger partial charge in [-0.3, -0.25) is 0 Å². The van der Waals surface area contributed by atoms with E-state index in [9.17, 15) is 0 Å². The smallest absolute Gasteiger partial charge is 0.328 e. The van der Waals surface area contributed by atoms with E-state index in [0.29, 0.717) is 11.3 Å². The molecule has 0 aliphatic rings. The molecule has 0 saturated heterocycles. The number of hydrogen-bond acceptors (Lipinski definition) is 7. The third-order valence-corrected chi connectivity index (χ3v) is 4.18. The van der Waals surface area contributed by atoms with E-state index in [0.717, 1.165) is 0 Å². The number of rotatable bonds is 4. The van der Waals surface area contributed by atoms with Gasteiger partial charge in [0, 0.05) is 5.69 Å². The molecule has 0 radical (unpaired) electrons. The number of anilines is 3. The van der Waals surface area contributed by atoms with Crippen LogP contribution in [0.4, 0.5) is 17.6 Å². The van der Waals surface area contributed by atoms with Crippen LogP contribution in [0.3, 0.4) is 0 Å². The van der Waals surface area contributed by atoms with E-state index in [1.807, 2.05) is 6.07 Å². The number of nitrogens with one attached hydrogen (secondary N) is 1. The second-order valence-corrected chi connectivity index (χ2v) is 6.08. The molecule has 26 heavy (non-hydrogen) atoms. The van der Waals surface area contributed by atoms with Gasteiger partial charge in [0.2, 0.25) is 11.9 Å². The second kappa shape index (κ2) is 7.62. The molecule has 7 nitrogen and oxygen atoms in total. The molecule has 3 aromatic rings. The summed E-state index contributed by atoms with van der Waals surface area (Å²) in [6, 6.07) is 11.7. The van der Waals surface area contributed by atoms with Gasteiger partial charge in [-0.05, 0) is 36.4 Å². The zero-order valence-electron chi connectivity index (χ0n) is 12.9. The Kier molecular flexibility index (Phi) is 5.28. The minimum atomic E-state index is -0.111. The van der Waals surface area contributed by atoms with Crippen LogP contribution >= 0.6 is 34.8 Å². The van der Waals surface area contributed by atoms with Crippen LogP contribution in [0, 0.1) is 11.3 Å². The van der Waals surface area contributed by atoms with Crippen LogP contribution < -0.4 is 15.8 Å². The maximum atomic E-state index is 8.83. The van der Waals surface area contributed by atoms with Crippen LogP contribution in [0.1, 0.15) is 5.56 Å². The summed E-state index contributed by atoms with van der Waals surface area (Å²) in [5, 5.41) is 12.4. The number of nitrogens with zero attached hydrogens (tertiary/aromatic N) is 4. The average Bonchev–Trinajstić information content (AvgIpc) is 2.62. The van der Waals surface area contributed by atoms with Crippen LogP contribution in [-0.2, 0) is 0 Å². The highest BCUT2D eigenvalue weighted by Gasteiger charge is 2.15. The molecule has 10 heteroatoms. The molecule has 0 unspecified atom stereocenters. The number of ether oxygens (including phenoxy) is 1. The summed E-state index contributed by atoms with van der Waals surface area (Å²) < 4.78 is 5.54. The Morgan fingerprint density at radius 1 is 0.962 bits per heavy atom. The Morgan fingerprint density at radius 3 is 2.35 bits per heavy atom. The van der Waals surface area contributed by atoms with E-state index in [1.165, 1.54) is 6.07 Å². The lowest BCUT2D eigenvalue weighted by Crippen LogP contribution is -2.05. The van der Waals surface area contributed by atoms with Crippen molar-refractivity contribution in [2.24, 2.45) is 0 Å². The topological polar surface area (TPSA) is 110 Å². The Morgan fingerprint density at radius 2 is 1.65 bits per heavy atom. The first kappa shape index (κ1) is 18.0.